The van der Waals surface area contributed by atoms with Crippen LogP contribution in [0.5, 0.6) is 0 Å². The van der Waals surface area contributed by atoms with Crippen LogP contribution in [0.25, 0.3) is 11.1 Å². The molecule has 0 aliphatic heterocycles. The highest BCUT2D eigenvalue weighted by Crippen LogP contribution is 2.30. The van der Waals surface area contributed by atoms with Crippen molar-refractivity contribution in [3.63, 3.8) is 0 Å². The zero-order chi connectivity index (χ0) is 10.1. The van der Waals surface area contributed by atoms with E-state index in [9.17, 15) is 4.39 Å². The SMILES string of the molecule is Nc1cc(-c2cc(Cl)ccc2F)cs1. The highest BCUT2D eigenvalue weighted by molar-refractivity contribution is 7.14. The predicted octanol–water partition coefficient (Wildman–Crippen LogP) is 3.79. The van der Waals surface area contributed by atoms with Crippen molar-refractivity contribution >= 4 is 27.9 Å². The molecule has 1 heterocycles. The fraction of sp³-hybridized carbons (Fsp3) is 0. The minimum absolute atomic E-state index is 0.285. The first-order chi connectivity index (χ1) is 6.66. The van der Waals surface area contributed by atoms with Crippen molar-refractivity contribution < 1.29 is 4.39 Å². The van der Waals surface area contributed by atoms with E-state index < -0.39 is 0 Å². The molecule has 0 aliphatic rings. The third kappa shape index (κ3) is 1.74. The molecule has 0 radical (unpaired) electrons. The van der Waals surface area contributed by atoms with Crippen molar-refractivity contribution in [1.29, 1.82) is 0 Å². The lowest BCUT2D eigenvalue weighted by molar-refractivity contribution is 0.631. The van der Waals surface area contributed by atoms with Gasteiger partial charge in [0.15, 0.2) is 0 Å². The van der Waals surface area contributed by atoms with Gasteiger partial charge in [0.05, 0.1) is 5.00 Å². The number of rotatable bonds is 1. The third-order valence-corrected chi connectivity index (χ3v) is 2.86. The van der Waals surface area contributed by atoms with Crippen LogP contribution in [-0.4, -0.2) is 0 Å². The van der Waals surface area contributed by atoms with Gasteiger partial charge in [-0.25, -0.2) is 4.39 Å². The number of thiophene rings is 1. The fourth-order valence-corrected chi connectivity index (χ4v) is 2.04. The Morgan fingerprint density at radius 1 is 1.29 bits per heavy atom. The van der Waals surface area contributed by atoms with Crippen LogP contribution in [0.1, 0.15) is 0 Å². The van der Waals surface area contributed by atoms with Crippen LogP contribution in [0, 0.1) is 5.82 Å². The molecule has 0 saturated carbocycles. The molecule has 0 amide bonds. The van der Waals surface area contributed by atoms with Crippen molar-refractivity contribution in [2.24, 2.45) is 0 Å². The van der Waals surface area contributed by atoms with Crippen molar-refractivity contribution in [3.05, 3.63) is 40.5 Å². The number of anilines is 1. The molecular weight excluding hydrogens is 221 g/mol. The van der Waals surface area contributed by atoms with Gasteiger partial charge in [-0.2, -0.15) is 0 Å². The summed E-state index contributed by atoms with van der Waals surface area (Å²) in [6.07, 6.45) is 0. The van der Waals surface area contributed by atoms with E-state index in [1.165, 1.54) is 23.5 Å². The fourth-order valence-electron chi connectivity index (χ4n) is 1.21. The average molecular weight is 228 g/mol. The van der Waals surface area contributed by atoms with E-state index >= 15 is 0 Å². The maximum atomic E-state index is 13.4. The van der Waals surface area contributed by atoms with Gasteiger partial charge >= 0.3 is 0 Å². The third-order valence-electron chi connectivity index (χ3n) is 1.86. The van der Waals surface area contributed by atoms with Crippen LogP contribution in [0.4, 0.5) is 9.39 Å². The van der Waals surface area contributed by atoms with Crippen LogP contribution in [-0.2, 0) is 0 Å². The lowest BCUT2D eigenvalue weighted by Crippen LogP contribution is -1.82. The molecule has 4 heteroatoms. The molecule has 14 heavy (non-hydrogen) atoms. The Kier molecular flexibility index (Phi) is 2.44. The van der Waals surface area contributed by atoms with Crippen LogP contribution >= 0.6 is 22.9 Å². The van der Waals surface area contributed by atoms with Gasteiger partial charge in [0, 0.05) is 16.0 Å². The molecule has 0 unspecified atom stereocenters. The summed E-state index contributed by atoms with van der Waals surface area (Å²) in [6.45, 7) is 0. The largest absolute Gasteiger partial charge is 0.391 e. The van der Waals surface area contributed by atoms with Gasteiger partial charge in [-0.05, 0) is 29.8 Å². The van der Waals surface area contributed by atoms with Crippen molar-refractivity contribution in [3.8, 4) is 11.1 Å². The minimum Gasteiger partial charge on any atom is -0.391 e. The number of hydrogen-bond donors (Lipinski definition) is 1. The molecule has 0 saturated heterocycles. The first kappa shape index (κ1) is 9.49. The van der Waals surface area contributed by atoms with Crippen LogP contribution < -0.4 is 5.73 Å². The maximum Gasteiger partial charge on any atom is 0.131 e. The first-order valence-corrected chi connectivity index (χ1v) is 5.22. The van der Waals surface area contributed by atoms with Crippen LogP contribution in [0.3, 0.4) is 0 Å². The van der Waals surface area contributed by atoms with E-state index in [1.54, 1.807) is 12.1 Å². The minimum atomic E-state index is -0.285. The Balaban J connectivity index is 2.55. The summed E-state index contributed by atoms with van der Waals surface area (Å²) >= 11 is 7.16. The monoisotopic (exact) mass is 227 g/mol. The number of halogens is 2. The summed E-state index contributed by atoms with van der Waals surface area (Å²) in [5, 5.41) is 3.00. The highest BCUT2D eigenvalue weighted by Gasteiger charge is 2.07. The molecule has 2 aromatic rings. The van der Waals surface area contributed by atoms with Gasteiger partial charge in [0.1, 0.15) is 5.82 Å². The van der Waals surface area contributed by atoms with Gasteiger partial charge in [-0.15, -0.1) is 11.3 Å². The van der Waals surface area contributed by atoms with E-state index in [4.69, 9.17) is 17.3 Å². The molecule has 1 aromatic heterocycles. The number of nitrogens with two attached hydrogens (primary N) is 1. The van der Waals surface area contributed by atoms with Gasteiger partial charge < -0.3 is 5.73 Å². The summed E-state index contributed by atoms with van der Waals surface area (Å²) in [6, 6.07) is 6.21. The maximum absolute atomic E-state index is 13.4. The molecule has 0 atom stereocenters. The number of hydrogen-bond acceptors (Lipinski definition) is 2. The zero-order valence-corrected chi connectivity index (χ0v) is 8.70. The Labute approximate surface area is 89.9 Å². The molecule has 2 rings (SSSR count). The summed E-state index contributed by atoms with van der Waals surface area (Å²) in [5.41, 5.74) is 6.83. The van der Waals surface area contributed by atoms with Gasteiger partial charge in [-0.3, -0.25) is 0 Å². The zero-order valence-electron chi connectivity index (χ0n) is 7.13. The summed E-state index contributed by atoms with van der Waals surface area (Å²) in [4.78, 5) is 0. The van der Waals surface area contributed by atoms with Crippen molar-refractivity contribution in [2.45, 2.75) is 0 Å². The topological polar surface area (TPSA) is 26.0 Å². The lowest BCUT2D eigenvalue weighted by atomic mass is 10.1. The molecule has 2 N–H and O–H groups in total. The standard InChI is InChI=1S/C10H7ClFNS/c11-7-1-2-9(12)8(4-7)6-3-10(13)14-5-6/h1-5H,13H2. The second-order valence-corrected chi connectivity index (χ2v) is 4.24. The van der Waals surface area contributed by atoms with Gasteiger partial charge in [0.2, 0.25) is 0 Å². The van der Waals surface area contributed by atoms with E-state index in [2.05, 4.69) is 0 Å². The molecule has 0 aliphatic carbocycles. The predicted molar refractivity (Wildman–Crippen MR) is 59.1 cm³/mol. The highest BCUT2D eigenvalue weighted by atomic mass is 35.5. The quantitative estimate of drug-likeness (QED) is 0.788. The van der Waals surface area contributed by atoms with E-state index in [0.29, 0.717) is 15.6 Å². The summed E-state index contributed by atoms with van der Waals surface area (Å²) in [7, 11) is 0. The molecule has 0 bridgehead atoms. The average Bonchev–Trinajstić information content (AvgIpc) is 2.56. The Morgan fingerprint density at radius 2 is 2.07 bits per heavy atom. The summed E-state index contributed by atoms with van der Waals surface area (Å²) in [5.74, 6) is -0.285. The first-order valence-electron chi connectivity index (χ1n) is 3.96. The lowest BCUT2D eigenvalue weighted by Gasteiger charge is -2.00. The molecule has 72 valence electrons. The van der Waals surface area contributed by atoms with Crippen LogP contribution in [0.2, 0.25) is 5.02 Å². The van der Waals surface area contributed by atoms with Gasteiger partial charge in [0.25, 0.3) is 0 Å². The molecular formula is C10H7ClFNS. The van der Waals surface area contributed by atoms with E-state index in [1.807, 2.05) is 5.38 Å². The number of benzene rings is 1. The van der Waals surface area contributed by atoms with E-state index in [0.717, 1.165) is 5.56 Å². The van der Waals surface area contributed by atoms with Gasteiger partial charge in [-0.1, -0.05) is 11.6 Å². The summed E-state index contributed by atoms with van der Waals surface area (Å²) < 4.78 is 13.4. The Bertz CT molecular complexity index is 467. The van der Waals surface area contributed by atoms with Crippen molar-refractivity contribution in [2.75, 3.05) is 5.73 Å². The van der Waals surface area contributed by atoms with Crippen molar-refractivity contribution in [1.82, 2.24) is 0 Å². The number of nitrogen functional groups attached to an aromatic ring is 1. The Morgan fingerprint density at radius 3 is 2.71 bits per heavy atom. The molecule has 1 nitrogen and oxygen atoms in total. The normalized spacial score (nSPS) is 10.4. The second-order valence-electron chi connectivity index (χ2n) is 2.86. The molecule has 1 aromatic carbocycles. The van der Waals surface area contributed by atoms with Crippen LogP contribution in [0.15, 0.2) is 29.6 Å². The smallest absolute Gasteiger partial charge is 0.131 e. The Hall–Kier alpha value is -1.06. The molecule has 0 spiro atoms. The second kappa shape index (κ2) is 3.59. The molecule has 0 fully saturated rings. The van der Waals surface area contributed by atoms with E-state index in [-0.39, 0.29) is 5.82 Å².